The molecule has 0 amide bonds. The van der Waals surface area contributed by atoms with Crippen molar-refractivity contribution in [2.75, 3.05) is 13.2 Å². The van der Waals surface area contributed by atoms with Crippen molar-refractivity contribution < 1.29 is 5.11 Å². The van der Waals surface area contributed by atoms with E-state index in [9.17, 15) is 5.11 Å². The second kappa shape index (κ2) is 5.16. The average molecular weight is 253 g/mol. The van der Waals surface area contributed by atoms with E-state index in [2.05, 4.69) is 48.5 Å². The molecule has 0 heterocycles. The molecular formula is C17H19NO. The molecule has 2 nitrogen and oxygen atoms in total. The molecular weight excluding hydrogens is 234 g/mol. The SMILES string of the molecule is NCC[C@@H](CO)C1c2ccccc2-c2ccccc21. The van der Waals surface area contributed by atoms with Crippen molar-refractivity contribution in [1.82, 2.24) is 0 Å². The molecule has 2 aromatic rings. The van der Waals surface area contributed by atoms with E-state index in [1.165, 1.54) is 22.3 Å². The second-order valence-corrected chi connectivity index (χ2v) is 5.17. The van der Waals surface area contributed by atoms with Gasteiger partial charge in [-0.2, -0.15) is 0 Å². The highest BCUT2D eigenvalue weighted by Gasteiger charge is 2.33. The van der Waals surface area contributed by atoms with Crippen molar-refractivity contribution >= 4 is 0 Å². The summed E-state index contributed by atoms with van der Waals surface area (Å²) in [5.74, 6) is 0.482. The first kappa shape index (κ1) is 12.4. The number of benzene rings is 2. The van der Waals surface area contributed by atoms with Crippen LogP contribution in [-0.4, -0.2) is 18.3 Å². The largest absolute Gasteiger partial charge is 0.396 e. The van der Waals surface area contributed by atoms with E-state index in [1.54, 1.807) is 0 Å². The Bertz CT molecular complexity index is 533. The number of hydrogen-bond acceptors (Lipinski definition) is 2. The Balaban J connectivity index is 2.14. The van der Waals surface area contributed by atoms with Gasteiger partial charge in [0.15, 0.2) is 0 Å². The van der Waals surface area contributed by atoms with Crippen LogP contribution in [0.25, 0.3) is 11.1 Å². The van der Waals surface area contributed by atoms with Gasteiger partial charge in [-0.05, 0) is 41.1 Å². The molecule has 2 heteroatoms. The number of aliphatic hydroxyl groups excluding tert-OH is 1. The zero-order valence-corrected chi connectivity index (χ0v) is 10.9. The second-order valence-electron chi connectivity index (χ2n) is 5.17. The predicted octanol–water partition coefficient (Wildman–Crippen LogP) is 2.76. The lowest BCUT2D eigenvalue weighted by atomic mass is 9.83. The van der Waals surface area contributed by atoms with Crippen LogP contribution in [0.2, 0.25) is 0 Å². The van der Waals surface area contributed by atoms with Crippen LogP contribution in [0.1, 0.15) is 23.5 Å². The first-order valence-electron chi connectivity index (χ1n) is 6.86. The molecule has 3 N–H and O–H groups in total. The average Bonchev–Trinajstić information content (AvgIpc) is 2.80. The predicted molar refractivity (Wildman–Crippen MR) is 78.0 cm³/mol. The molecule has 98 valence electrons. The van der Waals surface area contributed by atoms with E-state index in [0.29, 0.717) is 6.54 Å². The fraction of sp³-hybridized carbons (Fsp3) is 0.294. The van der Waals surface area contributed by atoms with Crippen molar-refractivity contribution in [2.45, 2.75) is 12.3 Å². The molecule has 0 saturated heterocycles. The van der Waals surface area contributed by atoms with Gasteiger partial charge in [0.2, 0.25) is 0 Å². The molecule has 0 radical (unpaired) electrons. The van der Waals surface area contributed by atoms with Crippen molar-refractivity contribution in [1.29, 1.82) is 0 Å². The topological polar surface area (TPSA) is 46.2 Å². The molecule has 0 saturated carbocycles. The lowest BCUT2D eigenvalue weighted by molar-refractivity contribution is 0.208. The minimum Gasteiger partial charge on any atom is -0.396 e. The fourth-order valence-electron chi connectivity index (χ4n) is 3.28. The molecule has 1 aliphatic carbocycles. The van der Waals surface area contributed by atoms with E-state index < -0.39 is 0 Å². The van der Waals surface area contributed by atoms with E-state index in [-0.39, 0.29) is 18.4 Å². The molecule has 0 bridgehead atoms. The fourth-order valence-corrected chi connectivity index (χ4v) is 3.28. The van der Waals surface area contributed by atoms with Gasteiger partial charge in [0.05, 0.1) is 0 Å². The van der Waals surface area contributed by atoms with Gasteiger partial charge < -0.3 is 10.8 Å². The third-order valence-corrected chi connectivity index (χ3v) is 4.13. The maximum Gasteiger partial charge on any atom is 0.0468 e. The number of aliphatic hydroxyl groups is 1. The van der Waals surface area contributed by atoms with E-state index in [4.69, 9.17) is 5.73 Å². The summed E-state index contributed by atoms with van der Waals surface area (Å²) in [5.41, 5.74) is 11.0. The normalized spacial score (nSPS) is 15.1. The molecule has 19 heavy (non-hydrogen) atoms. The van der Waals surface area contributed by atoms with E-state index in [1.807, 2.05) is 0 Å². The minimum atomic E-state index is 0.185. The Morgan fingerprint density at radius 3 is 1.95 bits per heavy atom. The Morgan fingerprint density at radius 1 is 0.947 bits per heavy atom. The molecule has 3 rings (SSSR count). The molecule has 0 unspecified atom stereocenters. The maximum absolute atomic E-state index is 9.71. The molecule has 0 aliphatic heterocycles. The van der Waals surface area contributed by atoms with Gasteiger partial charge in [-0.1, -0.05) is 48.5 Å². The van der Waals surface area contributed by atoms with Crippen LogP contribution in [0, 0.1) is 5.92 Å². The lowest BCUT2D eigenvalue weighted by Crippen LogP contribution is -2.20. The summed E-state index contributed by atoms with van der Waals surface area (Å²) in [4.78, 5) is 0. The molecule has 0 spiro atoms. The maximum atomic E-state index is 9.71. The van der Waals surface area contributed by atoms with Crippen molar-refractivity contribution in [3.05, 3.63) is 59.7 Å². The van der Waals surface area contributed by atoms with Crippen LogP contribution in [0.15, 0.2) is 48.5 Å². The first-order valence-corrected chi connectivity index (χ1v) is 6.86. The highest BCUT2D eigenvalue weighted by atomic mass is 16.3. The van der Waals surface area contributed by atoms with E-state index >= 15 is 0 Å². The standard InChI is InChI=1S/C17H19NO/c18-10-9-12(11-19)17-15-7-3-1-5-13(15)14-6-2-4-8-16(14)17/h1-8,12,17,19H,9-11,18H2/t12-/m0/s1. The monoisotopic (exact) mass is 253 g/mol. The van der Waals surface area contributed by atoms with Gasteiger partial charge in [-0.15, -0.1) is 0 Å². The van der Waals surface area contributed by atoms with E-state index in [0.717, 1.165) is 6.42 Å². The first-order chi connectivity index (χ1) is 9.36. The quantitative estimate of drug-likeness (QED) is 0.880. The van der Waals surface area contributed by atoms with Crippen LogP contribution in [0.4, 0.5) is 0 Å². The van der Waals surface area contributed by atoms with Gasteiger partial charge >= 0.3 is 0 Å². The zero-order valence-electron chi connectivity index (χ0n) is 10.9. The van der Waals surface area contributed by atoms with Crippen molar-refractivity contribution in [3.63, 3.8) is 0 Å². The summed E-state index contributed by atoms with van der Waals surface area (Å²) in [5, 5.41) is 9.71. The Kier molecular flexibility index (Phi) is 3.36. The number of rotatable bonds is 4. The third kappa shape index (κ3) is 1.97. The highest BCUT2D eigenvalue weighted by molar-refractivity contribution is 5.78. The van der Waals surface area contributed by atoms with Gasteiger partial charge in [0, 0.05) is 12.5 Å². The summed E-state index contributed by atoms with van der Waals surface area (Å²) in [6, 6.07) is 17.0. The zero-order chi connectivity index (χ0) is 13.2. The summed E-state index contributed by atoms with van der Waals surface area (Å²) in [6.45, 7) is 0.802. The van der Waals surface area contributed by atoms with Gasteiger partial charge in [-0.25, -0.2) is 0 Å². The van der Waals surface area contributed by atoms with Crippen LogP contribution in [0.5, 0.6) is 0 Å². The Morgan fingerprint density at radius 2 is 1.47 bits per heavy atom. The summed E-state index contributed by atoms with van der Waals surface area (Å²) < 4.78 is 0. The van der Waals surface area contributed by atoms with Crippen LogP contribution >= 0.6 is 0 Å². The lowest BCUT2D eigenvalue weighted by Gasteiger charge is -2.23. The molecule has 0 aromatic heterocycles. The number of nitrogens with two attached hydrogens (primary N) is 1. The summed E-state index contributed by atoms with van der Waals surface area (Å²) >= 11 is 0. The smallest absolute Gasteiger partial charge is 0.0468 e. The van der Waals surface area contributed by atoms with Crippen molar-refractivity contribution in [2.24, 2.45) is 11.7 Å². The molecule has 2 aromatic carbocycles. The highest BCUT2D eigenvalue weighted by Crippen LogP contribution is 2.48. The molecule has 1 aliphatic rings. The van der Waals surface area contributed by atoms with Gasteiger partial charge in [0.25, 0.3) is 0 Å². The number of fused-ring (bicyclic) bond motifs is 3. The van der Waals surface area contributed by atoms with Gasteiger partial charge in [0.1, 0.15) is 0 Å². The number of hydrogen-bond donors (Lipinski definition) is 2. The van der Waals surface area contributed by atoms with Crippen molar-refractivity contribution in [3.8, 4) is 11.1 Å². The molecule has 1 atom stereocenters. The Labute approximate surface area is 113 Å². The third-order valence-electron chi connectivity index (χ3n) is 4.13. The minimum absolute atomic E-state index is 0.185. The van der Waals surface area contributed by atoms with Crippen LogP contribution < -0.4 is 5.73 Å². The Hall–Kier alpha value is -1.64. The summed E-state index contributed by atoms with van der Waals surface area (Å²) in [6.07, 6.45) is 0.851. The molecule has 0 fully saturated rings. The van der Waals surface area contributed by atoms with Gasteiger partial charge in [-0.3, -0.25) is 0 Å². The van der Waals surface area contributed by atoms with Crippen LogP contribution in [-0.2, 0) is 0 Å². The summed E-state index contributed by atoms with van der Waals surface area (Å²) in [7, 11) is 0. The van der Waals surface area contributed by atoms with Crippen LogP contribution in [0.3, 0.4) is 0 Å².